The molecule has 0 saturated carbocycles. The fourth-order valence-electron chi connectivity index (χ4n) is 1.85. The molecule has 2 N–H and O–H groups in total. The van der Waals surface area contributed by atoms with E-state index in [9.17, 15) is 18.3 Å². The van der Waals surface area contributed by atoms with Crippen molar-refractivity contribution in [2.45, 2.75) is 23.1 Å². The van der Waals surface area contributed by atoms with E-state index in [1.165, 1.54) is 6.07 Å². The van der Waals surface area contributed by atoms with E-state index in [1.807, 2.05) is 30.3 Å². The maximum absolute atomic E-state index is 12.1. The zero-order valence-corrected chi connectivity index (χ0v) is 12.7. The summed E-state index contributed by atoms with van der Waals surface area (Å²) in [6.45, 7) is 0. The lowest BCUT2D eigenvalue weighted by atomic mass is 10.1. The number of nitrogens with one attached hydrogen (secondary N) is 1. The van der Waals surface area contributed by atoms with Gasteiger partial charge in [0.05, 0.1) is 0 Å². The van der Waals surface area contributed by atoms with Crippen LogP contribution in [0.25, 0.3) is 0 Å². The lowest BCUT2D eigenvalue weighted by molar-refractivity contribution is -0.139. The number of rotatable bonds is 7. The minimum atomic E-state index is -3.78. The number of hydrogen-bond donors (Lipinski definition) is 2. The number of benzene rings is 1. The molecule has 0 aliphatic heterocycles. The van der Waals surface area contributed by atoms with Crippen LogP contribution in [0.2, 0.25) is 0 Å². The van der Waals surface area contributed by atoms with Crippen LogP contribution in [0, 0.1) is 0 Å². The predicted octanol–water partition coefficient (Wildman–Crippen LogP) is 2.11. The third kappa shape index (κ3) is 4.38. The van der Waals surface area contributed by atoms with Crippen LogP contribution in [0.1, 0.15) is 12.0 Å². The Balaban J connectivity index is 2.05. The number of thiophene rings is 1. The van der Waals surface area contributed by atoms with Crippen molar-refractivity contribution >= 4 is 27.3 Å². The summed E-state index contributed by atoms with van der Waals surface area (Å²) in [6, 6.07) is 11.3. The molecule has 1 aromatic heterocycles. The molecule has 0 radical (unpaired) electrons. The van der Waals surface area contributed by atoms with Gasteiger partial charge >= 0.3 is 5.97 Å². The van der Waals surface area contributed by atoms with Crippen LogP contribution >= 0.6 is 11.3 Å². The van der Waals surface area contributed by atoms with Crippen LogP contribution in [0.3, 0.4) is 0 Å². The normalized spacial score (nSPS) is 13.0. The van der Waals surface area contributed by atoms with Gasteiger partial charge in [0.15, 0.2) is 0 Å². The lowest BCUT2D eigenvalue weighted by Gasteiger charge is -2.14. The number of aliphatic carboxylic acids is 1. The standard InChI is InChI=1S/C14H15NO4S2/c16-14(17)12(9-8-11-5-2-1-3-6-11)15-21(18,19)13-7-4-10-20-13/h1-7,10,12,15H,8-9H2,(H,16,17)/t12-/m0/s1. The summed E-state index contributed by atoms with van der Waals surface area (Å²) < 4.78 is 26.5. The number of aryl methyl sites for hydroxylation is 1. The molecule has 7 heteroatoms. The van der Waals surface area contributed by atoms with Crippen molar-refractivity contribution in [2.75, 3.05) is 0 Å². The Hall–Kier alpha value is -1.70. The van der Waals surface area contributed by atoms with Gasteiger partial charge in [0, 0.05) is 0 Å². The number of carbonyl (C=O) groups is 1. The fourth-order valence-corrected chi connectivity index (χ4v) is 4.08. The van der Waals surface area contributed by atoms with Crippen LogP contribution < -0.4 is 4.72 Å². The number of hydrogen-bond acceptors (Lipinski definition) is 4. The summed E-state index contributed by atoms with van der Waals surface area (Å²) >= 11 is 1.05. The molecule has 0 spiro atoms. The van der Waals surface area contributed by atoms with Crippen LogP contribution in [-0.2, 0) is 21.2 Å². The van der Waals surface area contributed by atoms with E-state index in [4.69, 9.17) is 0 Å². The monoisotopic (exact) mass is 325 g/mol. The first kappa shape index (κ1) is 15.7. The molecule has 2 rings (SSSR count). The van der Waals surface area contributed by atoms with Gasteiger partial charge in [0.1, 0.15) is 10.3 Å². The van der Waals surface area contributed by atoms with Gasteiger partial charge < -0.3 is 5.11 Å². The molecule has 0 aliphatic carbocycles. The van der Waals surface area contributed by atoms with Crippen molar-refractivity contribution in [3.05, 3.63) is 53.4 Å². The Labute approximate surface area is 127 Å². The van der Waals surface area contributed by atoms with Crippen LogP contribution in [0.4, 0.5) is 0 Å². The molecule has 0 amide bonds. The topological polar surface area (TPSA) is 83.5 Å². The molecule has 0 aliphatic rings. The molecule has 0 bridgehead atoms. The Morgan fingerprint density at radius 2 is 1.90 bits per heavy atom. The van der Waals surface area contributed by atoms with E-state index < -0.39 is 22.0 Å². The largest absolute Gasteiger partial charge is 0.480 e. The molecule has 1 atom stereocenters. The van der Waals surface area contributed by atoms with E-state index in [2.05, 4.69) is 4.72 Å². The fraction of sp³-hybridized carbons (Fsp3) is 0.214. The van der Waals surface area contributed by atoms with Gasteiger partial charge in [-0.05, 0) is 29.9 Å². The molecule has 112 valence electrons. The highest BCUT2D eigenvalue weighted by Crippen LogP contribution is 2.16. The maximum atomic E-state index is 12.1. The molecular formula is C14H15NO4S2. The minimum Gasteiger partial charge on any atom is -0.480 e. The quantitative estimate of drug-likeness (QED) is 0.817. The van der Waals surface area contributed by atoms with Crippen molar-refractivity contribution < 1.29 is 18.3 Å². The number of carboxylic acid groups (broad SMARTS) is 1. The second-order valence-electron chi connectivity index (χ2n) is 4.47. The first-order valence-electron chi connectivity index (χ1n) is 6.31. The van der Waals surface area contributed by atoms with E-state index >= 15 is 0 Å². The zero-order chi connectivity index (χ0) is 15.3. The van der Waals surface area contributed by atoms with Gasteiger partial charge in [-0.15, -0.1) is 11.3 Å². The molecule has 1 heterocycles. The highest BCUT2D eigenvalue weighted by Gasteiger charge is 2.25. The Morgan fingerprint density at radius 1 is 1.19 bits per heavy atom. The third-order valence-corrected chi connectivity index (χ3v) is 5.79. The van der Waals surface area contributed by atoms with Crippen LogP contribution in [0.15, 0.2) is 52.1 Å². The van der Waals surface area contributed by atoms with Gasteiger partial charge in [-0.2, -0.15) is 4.72 Å². The van der Waals surface area contributed by atoms with Crippen molar-refractivity contribution in [3.63, 3.8) is 0 Å². The van der Waals surface area contributed by atoms with Crippen LogP contribution in [-0.4, -0.2) is 25.5 Å². The van der Waals surface area contributed by atoms with Gasteiger partial charge in [-0.3, -0.25) is 4.79 Å². The predicted molar refractivity (Wildman–Crippen MR) is 80.8 cm³/mol. The average molecular weight is 325 g/mol. The van der Waals surface area contributed by atoms with Gasteiger partial charge in [0.2, 0.25) is 0 Å². The van der Waals surface area contributed by atoms with E-state index in [-0.39, 0.29) is 10.6 Å². The smallest absolute Gasteiger partial charge is 0.321 e. The van der Waals surface area contributed by atoms with E-state index in [1.54, 1.807) is 11.4 Å². The molecule has 0 unspecified atom stereocenters. The first-order valence-corrected chi connectivity index (χ1v) is 8.68. The third-order valence-electron chi connectivity index (χ3n) is 2.92. The summed E-state index contributed by atoms with van der Waals surface area (Å²) in [5, 5.41) is 10.8. The average Bonchev–Trinajstić information content (AvgIpc) is 2.99. The second kappa shape index (κ2) is 6.84. The molecular weight excluding hydrogens is 310 g/mol. The minimum absolute atomic E-state index is 0.119. The van der Waals surface area contributed by atoms with Crippen molar-refractivity contribution in [1.29, 1.82) is 0 Å². The Kier molecular flexibility index (Phi) is 5.11. The first-order chi connectivity index (χ1) is 9.99. The van der Waals surface area contributed by atoms with Gasteiger partial charge in [-0.25, -0.2) is 8.42 Å². The number of carboxylic acids is 1. The summed E-state index contributed by atoms with van der Waals surface area (Å²) in [5.41, 5.74) is 0.971. The second-order valence-corrected chi connectivity index (χ2v) is 7.36. The Bertz CT molecular complexity index is 681. The summed E-state index contributed by atoms with van der Waals surface area (Å²) in [4.78, 5) is 11.2. The maximum Gasteiger partial charge on any atom is 0.321 e. The molecule has 0 saturated heterocycles. The summed E-state index contributed by atoms with van der Waals surface area (Å²) in [5.74, 6) is -1.17. The van der Waals surface area contributed by atoms with Crippen molar-refractivity contribution in [3.8, 4) is 0 Å². The molecule has 0 fully saturated rings. The molecule has 5 nitrogen and oxygen atoms in total. The highest BCUT2D eigenvalue weighted by atomic mass is 32.2. The van der Waals surface area contributed by atoms with Gasteiger partial charge in [0.25, 0.3) is 10.0 Å². The lowest BCUT2D eigenvalue weighted by Crippen LogP contribution is -2.40. The zero-order valence-electron chi connectivity index (χ0n) is 11.1. The summed E-state index contributed by atoms with van der Waals surface area (Å²) in [6.07, 6.45) is 0.689. The summed E-state index contributed by atoms with van der Waals surface area (Å²) in [7, 11) is -3.78. The molecule has 1 aromatic carbocycles. The van der Waals surface area contributed by atoms with Gasteiger partial charge in [-0.1, -0.05) is 36.4 Å². The van der Waals surface area contributed by atoms with Crippen molar-refractivity contribution in [2.24, 2.45) is 0 Å². The molecule has 21 heavy (non-hydrogen) atoms. The SMILES string of the molecule is O=C(O)[C@H](CCc1ccccc1)NS(=O)(=O)c1cccs1. The van der Waals surface area contributed by atoms with Crippen LogP contribution in [0.5, 0.6) is 0 Å². The van der Waals surface area contributed by atoms with E-state index in [0.717, 1.165) is 16.9 Å². The molecule has 2 aromatic rings. The number of sulfonamides is 1. The van der Waals surface area contributed by atoms with E-state index in [0.29, 0.717) is 6.42 Å². The highest BCUT2D eigenvalue weighted by molar-refractivity contribution is 7.91. The Morgan fingerprint density at radius 3 is 2.48 bits per heavy atom. The van der Waals surface area contributed by atoms with Crippen molar-refractivity contribution in [1.82, 2.24) is 4.72 Å².